The van der Waals surface area contributed by atoms with Gasteiger partial charge < -0.3 is 11.1 Å². The number of nitrogens with one attached hydrogen (secondary N) is 1. The number of nitrogens with two attached hydrogens (primary N) is 1. The minimum absolute atomic E-state index is 0.0958. The zero-order chi connectivity index (χ0) is 14.0. The summed E-state index contributed by atoms with van der Waals surface area (Å²) < 4.78 is 0. The number of carbonyl (C=O) groups is 1. The van der Waals surface area contributed by atoms with Crippen LogP contribution >= 0.6 is 0 Å². The van der Waals surface area contributed by atoms with E-state index in [1.165, 1.54) is 6.42 Å². The third kappa shape index (κ3) is 3.09. The van der Waals surface area contributed by atoms with Gasteiger partial charge in [0.15, 0.2) is 0 Å². The van der Waals surface area contributed by atoms with Gasteiger partial charge in [-0.3, -0.25) is 4.79 Å². The number of nitrogen functional groups attached to an aromatic ring is 1. The molecular weight excluding hydrogens is 236 g/mol. The van der Waals surface area contributed by atoms with Crippen LogP contribution in [0.25, 0.3) is 0 Å². The minimum atomic E-state index is 0.0958. The van der Waals surface area contributed by atoms with Crippen molar-refractivity contribution in [3.63, 3.8) is 0 Å². The highest BCUT2D eigenvalue weighted by Crippen LogP contribution is 2.41. The topological polar surface area (TPSA) is 55.1 Å². The summed E-state index contributed by atoms with van der Waals surface area (Å²) in [7, 11) is 0. The Morgan fingerprint density at radius 3 is 2.74 bits per heavy atom. The summed E-state index contributed by atoms with van der Waals surface area (Å²) in [5, 5.41) is 3.02. The van der Waals surface area contributed by atoms with Crippen molar-refractivity contribution in [1.82, 2.24) is 0 Å². The van der Waals surface area contributed by atoms with Gasteiger partial charge in [-0.25, -0.2) is 0 Å². The quantitative estimate of drug-likeness (QED) is 0.796. The number of hydrogen-bond donors (Lipinski definition) is 2. The summed E-state index contributed by atoms with van der Waals surface area (Å²) in [6.07, 6.45) is 4.49. The first-order chi connectivity index (χ1) is 8.90. The predicted octanol–water partition coefficient (Wildman–Crippen LogP) is 3.73. The second kappa shape index (κ2) is 5.24. The van der Waals surface area contributed by atoms with Crippen LogP contribution < -0.4 is 11.1 Å². The van der Waals surface area contributed by atoms with E-state index in [2.05, 4.69) is 19.2 Å². The van der Waals surface area contributed by atoms with Crippen LogP contribution in [0, 0.1) is 18.3 Å². The molecule has 2 rings (SSSR count). The molecule has 0 heterocycles. The Kier molecular flexibility index (Phi) is 3.83. The first-order valence-electron chi connectivity index (χ1n) is 7.07. The standard InChI is InChI=1S/C16H24N2O/c1-11-7-8-12(10-14(11)17)18-15(19)13-6-4-5-9-16(13,2)3/h7-8,10,13H,4-6,9,17H2,1-3H3,(H,18,19). The van der Waals surface area contributed by atoms with E-state index in [9.17, 15) is 4.79 Å². The molecule has 0 bridgehead atoms. The van der Waals surface area contributed by atoms with Crippen LogP contribution in [-0.2, 0) is 4.79 Å². The molecule has 1 aromatic carbocycles. The largest absolute Gasteiger partial charge is 0.398 e. The fourth-order valence-corrected chi connectivity index (χ4v) is 2.93. The van der Waals surface area contributed by atoms with Gasteiger partial charge in [0.1, 0.15) is 0 Å². The Labute approximate surface area is 115 Å². The van der Waals surface area contributed by atoms with Crippen LogP contribution in [0.4, 0.5) is 11.4 Å². The van der Waals surface area contributed by atoms with Crippen molar-refractivity contribution in [2.24, 2.45) is 11.3 Å². The number of anilines is 2. The molecule has 1 saturated carbocycles. The van der Waals surface area contributed by atoms with Crippen LogP contribution in [0.15, 0.2) is 18.2 Å². The molecule has 3 nitrogen and oxygen atoms in total. The van der Waals surface area contributed by atoms with Crippen molar-refractivity contribution in [3.8, 4) is 0 Å². The lowest BCUT2D eigenvalue weighted by Crippen LogP contribution is -2.37. The van der Waals surface area contributed by atoms with E-state index in [1.54, 1.807) is 0 Å². The van der Waals surface area contributed by atoms with Crippen molar-refractivity contribution in [1.29, 1.82) is 0 Å². The molecule has 1 amide bonds. The van der Waals surface area contributed by atoms with Crippen LogP contribution in [0.1, 0.15) is 45.1 Å². The van der Waals surface area contributed by atoms with Gasteiger partial charge in [0.2, 0.25) is 5.91 Å². The number of aryl methyl sites for hydroxylation is 1. The average Bonchev–Trinajstić information content (AvgIpc) is 2.33. The molecule has 0 aromatic heterocycles. The lowest BCUT2D eigenvalue weighted by atomic mass is 9.68. The fraction of sp³-hybridized carbons (Fsp3) is 0.562. The zero-order valence-electron chi connectivity index (χ0n) is 12.1. The van der Waals surface area contributed by atoms with Gasteiger partial charge in [0.05, 0.1) is 0 Å². The molecule has 1 atom stereocenters. The fourth-order valence-electron chi connectivity index (χ4n) is 2.93. The highest BCUT2D eigenvalue weighted by molar-refractivity contribution is 5.93. The Bertz CT molecular complexity index is 480. The maximum Gasteiger partial charge on any atom is 0.228 e. The van der Waals surface area contributed by atoms with Gasteiger partial charge in [0, 0.05) is 17.3 Å². The Balaban J connectivity index is 2.09. The maximum absolute atomic E-state index is 12.4. The van der Waals surface area contributed by atoms with E-state index < -0.39 is 0 Å². The van der Waals surface area contributed by atoms with Crippen LogP contribution in [0.5, 0.6) is 0 Å². The lowest BCUT2D eigenvalue weighted by Gasteiger charge is -2.37. The molecule has 0 aliphatic heterocycles. The summed E-state index contributed by atoms with van der Waals surface area (Å²) in [4.78, 5) is 12.4. The number of amides is 1. The molecule has 0 spiro atoms. The number of rotatable bonds is 2. The first kappa shape index (κ1) is 13.9. The van der Waals surface area contributed by atoms with E-state index in [4.69, 9.17) is 5.73 Å². The molecule has 1 aliphatic rings. The predicted molar refractivity (Wildman–Crippen MR) is 80.0 cm³/mol. The second-order valence-corrected chi connectivity index (χ2v) is 6.35. The van der Waals surface area contributed by atoms with E-state index in [-0.39, 0.29) is 17.2 Å². The van der Waals surface area contributed by atoms with Gasteiger partial charge in [0.25, 0.3) is 0 Å². The summed E-state index contributed by atoms with van der Waals surface area (Å²) in [5.74, 6) is 0.233. The molecule has 1 aliphatic carbocycles. The Morgan fingerprint density at radius 1 is 1.37 bits per heavy atom. The smallest absolute Gasteiger partial charge is 0.228 e. The molecule has 1 aromatic rings. The Morgan fingerprint density at radius 2 is 2.11 bits per heavy atom. The van der Waals surface area contributed by atoms with Crippen molar-refractivity contribution in [3.05, 3.63) is 23.8 Å². The summed E-state index contributed by atoms with van der Waals surface area (Å²) in [6.45, 7) is 6.35. The van der Waals surface area contributed by atoms with E-state index in [0.29, 0.717) is 0 Å². The van der Waals surface area contributed by atoms with Gasteiger partial charge in [-0.15, -0.1) is 0 Å². The van der Waals surface area contributed by atoms with Crippen molar-refractivity contribution in [2.75, 3.05) is 11.1 Å². The molecule has 1 unspecified atom stereocenters. The number of carbonyl (C=O) groups excluding carboxylic acids is 1. The first-order valence-corrected chi connectivity index (χ1v) is 7.07. The third-order valence-electron chi connectivity index (χ3n) is 4.37. The van der Waals surface area contributed by atoms with Crippen molar-refractivity contribution < 1.29 is 4.79 Å². The van der Waals surface area contributed by atoms with Gasteiger partial charge in [-0.05, 0) is 42.9 Å². The number of hydrogen-bond acceptors (Lipinski definition) is 2. The van der Waals surface area contributed by atoms with E-state index >= 15 is 0 Å². The zero-order valence-corrected chi connectivity index (χ0v) is 12.1. The van der Waals surface area contributed by atoms with Gasteiger partial charge in [-0.1, -0.05) is 32.8 Å². The molecule has 1 fully saturated rings. The van der Waals surface area contributed by atoms with Crippen LogP contribution in [0.3, 0.4) is 0 Å². The molecule has 104 valence electrons. The highest BCUT2D eigenvalue weighted by Gasteiger charge is 2.37. The van der Waals surface area contributed by atoms with Crippen LogP contribution in [0.2, 0.25) is 0 Å². The van der Waals surface area contributed by atoms with Crippen molar-refractivity contribution in [2.45, 2.75) is 46.5 Å². The summed E-state index contributed by atoms with van der Waals surface area (Å²) in [5.41, 5.74) is 8.53. The Hall–Kier alpha value is -1.51. The minimum Gasteiger partial charge on any atom is -0.398 e. The van der Waals surface area contributed by atoms with Crippen LogP contribution in [-0.4, -0.2) is 5.91 Å². The summed E-state index contributed by atoms with van der Waals surface area (Å²) >= 11 is 0. The van der Waals surface area contributed by atoms with E-state index in [1.807, 2.05) is 25.1 Å². The van der Waals surface area contributed by atoms with Crippen molar-refractivity contribution >= 4 is 17.3 Å². The molecule has 0 radical (unpaired) electrons. The maximum atomic E-state index is 12.4. The third-order valence-corrected chi connectivity index (χ3v) is 4.37. The number of benzene rings is 1. The molecule has 3 heteroatoms. The van der Waals surface area contributed by atoms with Gasteiger partial charge >= 0.3 is 0 Å². The second-order valence-electron chi connectivity index (χ2n) is 6.35. The summed E-state index contributed by atoms with van der Waals surface area (Å²) in [6, 6.07) is 5.69. The monoisotopic (exact) mass is 260 g/mol. The molecule has 3 N–H and O–H groups in total. The molecule has 0 saturated heterocycles. The normalized spacial score (nSPS) is 21.9. The highest BCUT2D eigenvalue weighted by atomic mass is 16.1. The SMILES string of the molecule is Cc1ccc(NC(=O)C2CCCCC2(C)C)cc1N. The average molecular weight is 260 g/mol. The van der Waals surface area contributed by atoms with E-state index in [0.717, 1.165) is 36.2 Å². The lowest BCUT2D eigenvalue weighted by molar-refractivity contribution is -0.124. The molecule has 19 heavy (non-hydrogen) atoms. The van der Waals surface area contributed by atoms with Gasteiger partial charge in [-0.2, -0.15) is 0 Å². The molecular formula is C16H24N2O.